The van der Waals surface area contributed by atoms with Gasteiger partial charge in [0.25, 0.3) is 5.56 Å². The van der Waals surface area contributed by atoms with E-state index in [1.54, 1.807) is 32.4 Å². The maximum absolute atomic E-state index is 11.4. The van der Waals surface area contributed by atoms with Crippen molar-refractivity contribution in [3.8, 4) is 23.1 Å². The highest BCUT2D eigenvalue weighted by Gasteiger charge is 2.10. The van der Waals surface area contributed by atoms with Crippen molar-refractivity contribution in [1.29, 1.82) is 0 Å². The lowest BCUT2D eigenvalue weighted by Gasteiger charge is -2.09. The molecule has 0 aliphatic rings. The number of nitrogens with one attached hydrogen (secondary N) is 1. The minimum Gasteiger partial charge on any atom is -0.496 e. The Kier molecular flexibility index (Phi) is 4.06. The minimum absolute atomic E-state index is 0.166. The van der Waals surface area contributed by atoms with Crippen LogP contribution in [0.3, 0.4) is 0 Å². The van der Waals surface area contributed by atoms with Crippen LogP contribution in [0.25, 0.3) is 0 Å². The van der Waals surface area contributed by atoms with Crippen LogP contribution < -0.4 is 19.8 Å². The van der Waals surface area contributed by atoms with Crippen molar-refractivity contribution in [2.75, 3.05) is 14.2 Å². The van der Waals surface area contributed by atoms with E-state index < -0.39 is 0 Å². The Balaban J connectivity index is 2.37. The van der Waals surface area contributed by atoms with Crippen LogP contribution >= 0.6 is 15.9 Å². The predicted octanol–water partition coefficient (Wildman–Crippen LogP) is 2.34. The summed E-state index contributed by atoms with van der Waals surface area (Å²) in [5, 5.41) is 0. The fourth-order valence-electron chi connectivity index (χ4n) is 1.39. The third-order valence-corrected chi connectivity index (χ3v) is 3.00. The van der Waals surface area contributed by atoms with Crippen LogP contribution in [-0.2, 0) is 0 Å². The molecule has 0 spiro atoms. The van der Waals surface area contributed by atoms with Crippen molar-refractivity contribution >= 4 is 15.9 Å². The van der Waals surface area contributed by atoms with Crippen LogP contribution in [0.15, 0.2) is 33.8 Å². The third-order valence-electron chi connectivity index (χ3n) is 2.30. The average Bonchev–Trinajstić information content (AvgIpc) is 2.43. The summed E-state index contributed by atoms with van der Waals surface area (Å²) in [6.07, 6.45) is 1.26. The molecule has 0 saturated carbocycles. The zero-order valence-corrected chi connectivity index (χ0v) is 11.9. The Morgan fingerprint density at radius 2 is 1.68 bits per heavy atom. The largest absolute Gasteiger partial charge is 0.496 e. The Hall–Kier alpha value is -2.02. The number of methoxy groups -OCH3 is 2. The first-order chi connectivity index (χ1) is 9.13. The Labute approximate surface area is 117 Å². The van der Waals surface area contributed by atoms with Gasteiger partial charge in [-0.15, -0.1) is 0 Å². The van der Waals surface area contributed by atoms with Gasteiger partial charge in [0.1, 0.15) is 21.7 Å². The summed E-state index contributed by atoms with van der Waals surface area (Å²) in [5.74, 6) is 1.78. The normalized spacial score (nSPS) is 10.1. The van der Waals surface area contributed by atoms with Crippen LogP contribution in [0.5, 0.6) is 23.1 Å². The number of halogens is 1. The highest BCUT2D eigenvalue weighted by atomic mass is 79.9. The predicted molar refractivity (Wildman–Crippen MR) is 72.2 cm³/mol. The van der Waals surface area contributed by atoms with Gasteiger partial charge in [-0.25, -0.2) is 4.98 Å². The van der Waals surface area contributed by atoms with Crippen molar-refractivity contribution in [3.05, 3.63) is 39.4 Å². The summed E-state index contributed by atoms with van der Waals surface area (Å²) < 4.78 is 16.0. The first-order valence-electron chi connectivity index (χ1n) is 5.28. The second-order valence-electron chi connectivity index (χ2n) is 3.50. The van der Waals surface area contributed by atoms with Gasteiger partial charge in [-0.2, -0.15) is 0 Å². The summed E-state index contributed by atoms with van der Waals surface area (Å²) in [4.78, 5) is 17.8. The van der Waals surface area contributed by atoms with E-state index in [1.807, 2.05) is 0 Å². The van der Waals surface area contributed by atoms with Crippen molar-refractivity contribution in [2.45, 2.75) is 0 Å². The van der Waals surface area contributed by atoms with Gasteiger partial charge >= 0.3 is 0 Å². The molecule has 1 aromatic carbocycles. The quantitative estimate of drug-likeness (QED) is 0.933. The molecule has 0 amide bonds. The third kappa shape index (κ3) is 3.05. The van der Waals surface area contributed by atoms with Crippen LogP contribution in [0.1, 0.15) is 0 Å². The number of rotatable bonds is 4. The van der Waals surface area contributed by atoms with E-state index in [0.29, 0.717) is 17.2 Å². The molecule has 6 nitrogen and oxygen atoms in total. The summed E-state index contributed by atoms with van der Waals surface area (Å²) in [6.45, 7) is 0. The number of ether oxygens (including phenoxy) is 3. The van der Waals surface area contributed by atoms with E-state index in [-0.39, 0.29) is 15.9 Å². The van der Waals surface area contributed by atoms with Gasteiger partial charge in [0.05, 0.1) is 20.5 Å². The molecule has 0 saturated heterocycles. The molecule has 1 heterocycles. The van der Waals surface area contributed by atoms with E-state index in [1.165, 1.54) is 6.33 Å². The molecule has 0 bridgehead atoms. The second kappa shape index (κ2) is 5.75. The molecule has 0 unspecified atom stereocenters. The summed E-state index contributed by atoms with van der Waals surface area (Å²) >= 11 is 3.12. The minimum atomic E-state index is -0.320. The first-order valence-corrected chi connectivity index (χ1v) is 6.07. The summed E-state index contributed by atoms with van der Waals surface area (Å²) in [5.41, 5.74) is -0.320. The van der Waals surface area contributed by atoms with Gasteiger partial charge in [0.2, 0.25) is 5.88 Å². The lowest BCUT2D eigenvalue weighted by molar-refractivity contribution is 0.384. The number of aromatic amines is 1. The fourth-order valence-corrected chi connectivity index (χ4v) is 1.69. The standard InChI is InChI=1S/C12H11BrN2O4/c1-17-7-3-8(18-2)5-9(4-7)19-12-10(13)11(16)14-6-15-12/h3-6H,1-2H3,(H,14,15,16). The van der Waals surface area contributed by atoms with Gasteiger partial charge in [0, 0.05) is 18.2 Å². The number of hydrogen-bond acceptors (Lipinski definition) is 5. The van der Waals surface area contributed by atoms with Crippen molar-refractivity contribution in [1.82, 2.24) is 9.97 Å². The Morgan fingerprint density at radius 1 is 1.11 bits per heavy atom. The maximum Gasteiger partial charge on any atom is 0.268 e. The second-order valence-corrected chi connectivity index (χ2v) is 4.29. The molecule has 2 aromatic rings. The summed E-state index contributed by atoms with van der Waals surface area (Å²) in [6, 6.07) is 5.04. The van der Waals surface area contributed by atoms with Crippen molar-refractivity contribution in [2.24, 2.45) is 0 Å². The van der Waals surface area contributed by atoms with Gasteiger partial charge < -0.3 is 19.2 Å². The molecule has 1 aromatic heterocycles. The van der Waals surface area contributed by atoms with E-state index in [4.69, 9.17) is 14.2 Å². The van der Waals surface area contributed by atoms with Gasteiger partial charge in [-0.1, -0.05) is 0 Å². The first kappa shape index (κ1) is 13.4. The zero-order chi connectivity index (χ0) is 13.8. The fraction of sp³-hybridized carbons (Fsp3) is 0.167. The van der Waals surface area contributed by atoms with E-state index in [0.717, 1.165) is 0 Å². The maximum atomic E-state index is 11.4. The number of nitrogens with zero attached hydrogens (tertiary/aromatic N) is 1. The molecule has 19 heavy (non-hydrogen) atoms. The topological polar surface area (TPSA) is 73.4 Å². The van der Waals surface area contributed by atoms with Crippen molar-refractivity contribution < 1.29 is 14.2 Å². The number of aromatic nitrogens is 2. The average molecular weight is 327 g/mol. The molecule has 0 aliphatic heterocycles. The van der Waals surface area contributed by atoms with Crippen LogP contribution in [0.2, 0.25) is 0 Å². The molecule has 0 aliphatic carbocycles. The molecule has 1 N–H and O–H groups in total. The van der Waals surface area contributed by atoms with Gasteiger partial charge in [0.15, 0.2) is 0 Å². The van der Waals surface area contributed by atoms with Crippen LogP contribution in [0.4, 0.5) is 0 Å². The molecule has 100 valence electrons. The number of hydrogen-bond donors (Lipinski definition) is 1. The number of H-pyrrole nitrogens is 1. The van der Waals surface area contributed by atoms with Gasteiger partial charge in [-0.05, 0) is 15.9 Å². The molecule has 7 heteroatoms. The van der Waals surface area contributed by atoms with E-state index in [2.05, 4.69) is 25.9 Å². The molecule has 0 fully saturated rings. The Bertz CT molecular complexity index is 620. The van der Waals surface area contributed by atoms with E-state index >= 15 is 0 Å². The highest BCUT2D eigenvalue weighted by Crippen LogP contribution is 2.31. The monoisotopic (exact) mass is 326 g/mol. The lowest BCUT2D eigenvalue weighted by Crippen LogP contribution is -2.08. The molecule has 2 rings (SSSR count). The SMILES string of the molecule is COc1cc(OC)cc(Oc2nc[nH]c(=O)c2Br)c1. The zero-order valence-electron chi connectivity index (χ0n) is 10.3. The van der Waals surface area contributed by atoms with E-state index in [9.17, 15) is 4.79 Å². The molecule has 0 atom stereocenters. The smallest absolute Gasteiger partial charge is 0.268 e. The molecular formula is C12H11BrN2O4. The van der Waals surface area contributed by atoms with Gasteiger partial charge in [-0.3, -0.25) is 4.79 Å². The molecular weight excluding hydrogens is 316 g/mol. The number of benzene rings is 1. The Morgan fingerprint density at radius 3 is 2.26 bits per heavy atom. The highest BCUT2D eigenvalue weighted by molar-refractivity contribution is 9.10. The lowest BCUT2D eigenvalue weighted by atomic mass is 10.3. The van der Waals surface area contributed by atoms with Crippen LogP contribution in [-0.4, -0.2) is 24.2 Å². The van der Waals surface area contributed by atoms with Crippen LogP contribution in [0, 0.1) is 0 Å². The van der Waals surface area contributed by atoms with Crippen molar-refractivity contribution in [3.63, 3.8) is 0 Å². The molecule has 0 radical (unpaired) electrons. The summed E-state index contributed by atoms with van der Waals surface area (Å²) in [7, 11) is 3.08.